The second kappa shape index (κ2) is 10.3. The first-order valence-electron chi connectivity index (χ1n) is 10.4. The maximum absolute atomic E-state index is 12.3. The zero-order valence-electron chi connectivity index (χ0n) is 18.4. The van der Waals surface area contributed by atoms with E-state index in [0.29, 0.717) is 23.7 Å². The van der Waals surface area contributed by atoms with E-state index in [1.54, 1.807) is 31.5 Å². The molecule has 0 aromatic heterocycles. The molecule has 1 amide bonds. The van der Waals surface area contributed by atoms with Crippen molar-refractivity contribution in [2.45, 2.75) is 6.61 Å². The molecule has 4 rings (SSSR count). The number of fused-ring (bicyclic) bond motifs is 1. The number of methoxy groups -OCH3 is 2. The molecule has 0 unspecified atom stereocenters. The van der Waals surface area contributed by atoms with Crippen LogP contribution in [0.3, 0.4) is 0 Å². The number of amides is 1. The Bertz CT molecular complexity index is 1280. The largest absolute Gasteiger partial charge is 0.493 e. The molecule has 0 radical (unpaired) electrons. The van der Waals surface area contributed by atoms with Gasteiger partial charge >= 0.3 is 0 Å². The van der Waals surface area contributed by atoms with Gasteiger partial charge in [0.2, 0.25) is 0 Å². The number of hydrogen-bond acceptors (Lipinski definition) is 5. The van der Waals surface area contributed by atoms with E-state index >= 15 is 0 Å². The minimum Gasteiger partial charge on any atom is -0.493 e. The van der Waals surface area contributed by atoms with Gasteiger partial charge in [-0.25, -0.2) is 5.43 Å². The molecule has 0 aliphatic carbocycles. The summed E-state index contributed by atoms with van der Waals surface area (Å²) in [6.07, 6.45) is 1.58. The van der Waals surface area contributed by atoms with E-state index in [1.165, 1.54) is 17.9 Å². The summed E-state index contributed by atoms with van der Waals surface area (Å²) in [4.78, 5) is 12.3. The smallest absolute Gasteiger partial charge is 0.271 e. The fraction of sp³-hybridized carbons (Fsp3) is 0.111. The molecule has 0 heterocycles. The van der Waals surface area contributed by atoms with Crippen LogP contribution >= 0.6 is 0 Å². The van der Waals surface area contributed by atoms with Gasteiger partial charge < -0.3 is 14.2 Å². The van der Waals surface area contributed by atoms with E-state index in [4.69, 9.17) is 14.2 Å². The third-order valence-electron chi connectivity index (χ3n) is 5.18. The Labute approximate surface area is 192 Å². The minimum atomic E-state index is -0.345. The second-order valence-corrected chi connectivity index (χ2v) is 7.26. The molecule has 0 saturated carbocycles. The molecule has 0 spiro atoms. The molecular weight excluding hydrogens is 416 g/mol. The average molecular weight is 440 g/mol. The summed E-state index contributed by atoms with van der Waals surface area (Å²) < 4.78 is 16.4. The number of rotatable bonds is 8. The first-order chi connectivity index (χ1) is 16.2. The number of benzene rings is 4. The number of nitrogens with zero attached hydrogens (tertiary/aromatic N) is 1. The number of carbonyl (C=O) groups excluding carboxylic acids is 1. The molecule has 1 N–H and O–H groups in total. The standard InChI is InChI=1S/C27H24N2O4/c1-31-25-15-12-21(16-26(25)32-2)27(30)29-28-17-19-10-13-23(14-11-19)33-18-22-8-5-7-20-6-3-4-9-24(20)22/h3-17H,18H2,1-2H3,(H,29,30)/b28-17+. The number of hydrazone groups is 1. The molecule has 0 saturated heterocycles. The van der Waals surface area contributed by atoms with Crippen LogP contribution in [0.2, 0.25) is 0 Å². The highest BCUT2D eigenvalue weighted by molar-refractivity contribution is 5.95. The van der Waals surface area contributed by atoms with Crippen LogP contribution < -0.4 is 19.6 Å². The number of nitrogens with one attached hydrogen (secondary N) is 1. The van der Waals surface area contributed by atoms with E-state index in [2.05, 4.69) is 34.8 Å². The summed E-state index contributed by atoms with van der Waals surface area (Å²) in [6.45, 7) is 0.482. The average Bonchev–Trinajstić information content (AvgIpc) is 2.87. The van der Waals surface area contributed by atoms with Crippen LogP contribution in [0, 0.1) is 0 Å². The molecule has 6 heteroatoms. The van der Waals surface area contributed by atoms with Gasteiger partial charge in [0.25, 0.3) is 5.91 Å². The summed E-state index contributed by atoms with van der Waals surface area (Å²) in [5.74, 6) is 1.45. The fourth-order valence-electron chi connectivity index (χ4n) is 3.44. The Balaban J connectivity index is 1.34. The van der Waals surface area contributed by atoms with Gasteiger partial charge in [-0.05, 0) is 64.4 Å². The van der Waals surface area contributed by atoms with E-state index in [-0.39, 0.29) is 5.91 Å². The summed E-state index contributed by atoms with van der Waals surface area (Å²) in [5.41, 5.74) is 4.91. The van der Waals surface area contributed by atoms with Gasteiger partial charge in [-0.2, -0.15) is 5.10 Å². The zero-order chi connectivity index (χ0) is 23.0. The Morgan fingerprint density at radius 1 is 0.879 bits per heavy atom. The van der Waals surface area contributed by atoms with Crippen LogP contribution in [0.1, 0.15) is 21.5 Å². The normalized spacial score (nSPS) is 10.8. The lowest BCUT2D eigenvalue weighted by Crippen LogP contribution is -2.17. The highest BCUT2D eigenvalue weighted by Gasteiger charge is 2.10. The fourth-order valence-corrected chi connectivity index (χ4v) is 3.44. The highest BCUT2D eigenvalue weighted by Crippen LogP contribution is 2.27. The quantitative estimate of drug-likeness (QED) is 0.302. The lowest BCUT2D eigenvalue weighted by atomic mass is 10.1. The maximum Gasteiger partial charge on any atom is 0.271 e. The van der Waals surface area contributed by atoms with Gasteiger partial charge in [-0.15, -0.1) is 0 Å². The molecule has 6 nitrogen and oxygen atoms in total. The Morgan fingerprint density at radius 2 is 1.64 bits per heavy atom. The van der Waals surface area contributed by atoms with E-state index in [0.717, 1.165) is 16.9 Å². The van der Waals surface area contributed by atoms with Crippen molar-refractivity contribution in [1.82, 2.24) is 5.43 Å². The third kappa shape index (κ3) is 5.30. The molecule has 4 aromatic carbocycles. The number of ether oxygens (including phenoxy) is 3. The summed E-state index contributed by atoms with van der Waals surface area (Å²) >= 11 is 0. The van der Waals surface area contributed by atoms with Crippen molar-refractivity contribution >= 4 is 22.9 Å². The van der Waals surface area contributed by atoms with Crippen LogP contribution in [0.25, 0.3) is 10.8 Å². The first-order valence-corrected chi connectivity index (χ1v) is 10.4. The van der Waals surface area contributed by atoms with Crippen LogP contribution in [-0.4, -0.2) is 26.3 Å². The Kier molecular flexibility index (Phi) is 6.85. The molecule has 33 heavy (non-hydrogen) atoms. The molecule has 0 atom stereocenters. The van der Waals surface area contributed by atoms with E-state index in [1.807, 2.05) is 42.5 Å². The molecule has 0 aliphatic rings. The molecular formula is C27H24N2O4. The zero-order valence-corrected chi connectivity index (χ0v) is 18.4. The van der Waals surface area contributed by atoms with Crippen molar-refractivity contribution in [2.75, 3.05) is 14.2 Å². The first kappa shape index (κ1) is 21.9. The third-order valence-corrected chi connectivity index (χ3v) is 5.18. The Hall–Kier alpha value is -4.32. The van der Waals surface area contributed by atoms with Crippen LogP contribution in [-0.2, 0) is 6.61 Å². The highest BCUT2D eigenvalue weighted by atomic mass is 16.5. The van der Waals surface area contributed by atoms with Crippen LogP contribution in [0.5, 0.6) is 17.2 Å². The lowest BCUT2D eigenvalue weighted by Gasteiger charge is -2.09. The predicted octanol–water partition coefficient (Wildman–Crippen LogP) is 5.20. The van der Waals surface area contributed by atoms with Crippen molar-refractivity contribution in [2.24, 2.45) is 5.10 Å². The summed E-state index contributed by atoms with van der Waals surface area (Å²) in [5, 5.41) is 6.42. The van der Waals surface area contributed by atoms with Crippen LogP contribution in [0.4, 0.5) is 0 Å². The monoisotopic (exact) mass is 440 g/mol. The topological polar surface area (TPSA) is 69.2 Å². The van der Waals surface area contributed by atoms with Crippen molar-refractivity contribution < 1.29 is 19.0 Å². The lowest BCUT2D eigenvalue weighted by molar-refractivity contribution is 0.0954. The summed E-state index contributed by atoms with van der Waals surface area (Å²) in [7, 11) is 3.06. The van der Waals surface area contributed by atoms with E-state index in [9.17, 15) is 4.79 Å². The SMILES string of the molecule is COc1ccc(C(=O)N/N=C/c2ccc(OCc3cccc4ccccc34)cc2)cc1OC. The van der Waals surface area contributed by atoms with Crippen LogP contribution in [0.15, 0.2) is 90.0 Å². The van der Waals surface area contributed by atoms with E-state index < -0.39 is 0 Å². The predicted molar refractivity (Wildman–Crippen MR) is 129 cm³/mol. The second-order valence-electron chi connectivity index (χ2n) is 7.26. The number of hydrogen-bond donors (Lipinski definition) is 1. The number of carbonyl (C=O) groups is 1. The van der Waals surface area contributed by atoms with Gasteiger partial charge in [-0.1, -0.05) is 42.5 Å². The molecule has 4 aromatic rings. The summed E-state index contributed by atoms with van der Waals surface area (Å²) in [6, 6.07) is 26.9. The van der Waals surface area contributed by atoms with Gasteiger partial charge in [0, 0.05) is 5.56 Å². The van der Waals surface area contributed by atoms with Crippen molar-refractivity contribution in [1.29, 1.82) is 0 Å². The molecule has 166 valence electrons. The maximum atomic E-state index is 12.3. The van der Waals surface area contributed by atoms with Gasteiger partial charge in [-0.3, -0.25) is 4.79 Å². The van der Waals surface area contributed by atoms with Gasteiger partial charge in [0.15, 0.2) is 11.5 Å². The van der Waals surface area contributed by atoms with Gasteiger partial charge in [0.05, 0.1) is 20.4 Å². The minimum absolute atomic E-state index is 0.345. The molecule has 0 fully saturated rings. The Morgan fingerprint density at radius 3 is 2.42 bits per heavy atom. The van der Waals surface area contributed by atoms with Gasteiger partial charge in [0.1, 0.15) is 12.4 Å². The van der Waals surface area contributed by atoms with Crippen molar-refractivity contribution in [3.63, 3.8) is 0 Å². The molecule has 0 aliphatic heterocycles. The molecule has 0 bridgehead atoms. The van der Waals surface area contributed by atoms with Crippen molar-refractivity contribution in [3.8, 4) is 17.2 Å². The van der Waals surface area contributed by atoms with Crippen molar-refractivity contribution in [3.05, 3.63) is 102 Å².